The molecule has 1 unspecified atom stereocenters. The Morgan fingerprint density at radius 1 is 2.00 bits per heavy atom. The van der Waals surface area contributed by atoms with Gasteiger partial charge in [0.15, 0.2) is 0 Å². The maximum Gasteiger partial charge on any atom is 0.0579 e. The van der Waals surface area contributed by atoms with Gasteiger partial charge < -0.3 is 15.6 Å². The summed E-state index contributed by atoms with van der Waals surface area (Å²) in [6, 6.07) is -0.843. The van der Waals surface area contributed by atoms with Crippen molar-refractivity contribution in [2.45, 2.75) is 13.0 Å². The lowest BCUT2D eigenvalue weighted by atomic mass is 10.4. The maximum absolute atomic E-state index is 9.46. The van der Waals surface area contributed by atoms with Gasteiger partial charge >= 0.3 is 0 Å². The Labute approximate surface area is 35.8 Å². The van der Waals surface area contributed by atoms with Gasteiger partial charge in [-0.3, -0.25) is 0 Å². The molecule has 0 amide bonds. The van der Waals surface area contributed by atoms with Gasteiger partial charge in [0, 0.05) is 6.04 Å². The first-order valence-corrected chi connectivity index (χ1v) is 1.61. The summed E-state index contributed by atoms with van der Waals surface area (Å²) in [5.74, 6) is -1.21. The average Bonchev–Trinajstić information content (AvgIpc) is 1.36. The second-order valence-electron chi connectivity index (χ2n) is 1.11. The fourth-order valence-corrected chi connectivity index (χ4v) is 0. The van der Waals surface area contributed by atoms with E-state index in [1.54, 1.807) is 0 Å². The Morgan fingerprint density at radius 2 is 2.17 bits per heavy atom. The van der Waals surface area contributed by atoms with Gasteiger partial charge in [0.25, 0.3) is 0 Å². The zero-order valence-electron chi connectivity index (χ0n) is 3.47. The summed E-state index contributed by atoms with van der Waals surface area (Å²) < 4.78 is 0. The fourth-order valence-electron chi connectivity index (χ4n) is 0. The third kappa shape index (κ3) is 1.72. The molecular weight excluding hydrogens is 82.0 g/mol. The van der Waals surface area contributed by atoms with Crippen LogP contribution >= 0.6 is 0 Å². The molecule has 2 N–H and O–H groups in total. The molecule has 0 heterocycles. The minimum Gasteiger partial charge on any atom is -0.548 e. The Morgan fingerprint density at radius 3 is 2.17 bits per heavy atom. The van der Waals surface area contributed by atoms with E-state index >= 15 is 0 Å². The lowest BCUT2D eigenvalue weighted by Crippen LogP contribution is -2.39. The van der Waals surface area contributed by atoms with E-state index in [1.807, 2.05) is 0 Å². The number of carbonyl (C=O) groups is 1. The fraction of sp³-hybridized carbons (Fsp3) is 0.667. The van der Waals surface area contributed by atoms with Crippen LogP contribution in [0.5, 0.6) is 0 Å². The van der Waals surface area contributed by atoms with E-state index < -0.39 is 12.0 Å². The monoisotopic (exact) mass is 88.0 g/mol. The molecule has 3 nitrogen and oxygen atoms in total. The smallest absolute Gasteiger partial charge is 0.0579 e. The number of rotatable bonds is 1. The number of carboxylic acids is 1. The molecule has 0 bridgehead atoms. The van der Waals surface area contributed by atoms with Crippen LogP contribution in [0.4, 0.5) is 0 Å². The SMILES string of the molecule is CC(N)C(=O)[O-]. The first kappa shape index (κ1) is 5.43. The highest BCUT2D eigenvalue weighted by Crippen LogP contribution is 1.63. The van der Waals surface area contributed by atoms with Crippen molar-refractivity contribution in [2.75, 3.05) is 0 Å². The Bertz CT molecular complexity index is 59.8. The minimum absolute atomic E-state index is 0.843. The van der Waals surface area contributed by atoms with E-state index in [4.69, 9.17) is 5.73 Å². The number of nitrogens with two attached hydrogens (primary N) is 1. The predicted octanol–water partition coefficient (Wildman–Crippen LogP) is -1.92. The van der Waals surface area contributed by atoms with E-state index in [2.05, 4.69) is 0 Å². The van der Waals surface area contributed by atoms with Crippen LogP contribution in [0, 0.1) is 0 Å². The normalized spacial score (nSPS) is 13.7. The minimum atomic E-state index is -1.21. The van der Waals surface area contributed by atoms with E-state index in [1.165, 1.54) is 6.92 Å². The highest BCUT2D eigenvalue weighted by molar-refractivity contribution is 5.70. The molecule has 0 saturated carbocycles. The Hall–Kier alpha value is -0.570. The van der Waals surface area contributed by atoms with Crippen LogP contribution in [0.1, 0.15) is 6.92 Å². The van der Waals surface area contributed by atoms with Gasteiger partial charge in [-0.2, -0.15) is 0 Å². The van der Waals surface area contributed by atoms with Crippen molar-refractivity contribution in [3.63, 3.8) is 0 Å². The lowest BCUT2D eigenvalue weighted by Gasteiger charge is -2.01. The summed E-state index contributed by atoms with van der Waals surface area (Å²) in [5, 5.41) is 9.46. The Balaban J connectivity index is 3.26. The van der Waals surface area contributed by atoms with Gasteiger partial charge in [0.2, 0.25) is 0 Å². The van der Waals surface area contributed by atoms with Crippen molar-refractivity contribution in [3.8, 4) is 0 Å². The Kier molecular flexibility index (Phi) is 1.60. The molecule has 0 aliphatic heterocycles. The number of aliphatic carboxylic acids is 1. The van der Waals surface area contributed by atoms with Crippen LogP contribution in [0.15, 0.2) is 0 Å². The molecule has 3 heteroatoms. The predicted molar refractivity (Wildman–Crippen MR) is 18.7 cm³/mol. The molecule has 0 spiro atoms. The zero-order valence-corrected chi connectivity index (χ0v) is 3.47. The van der Waals surface area contributed by atoms with Gasteiger partial charge in [0.05, 0.1) is 5.97 Å². The van der Waals surface area contributed by atoms with Crippen LogP contribution in [-0.2, 0) is 4.79 Å². The largest absolute Gasteiger partial charge is 0.548 e. The molecule has 0 radical (unpaired) electrons. The second kappa shape index (κ2) is 1.77. The van der Waals surface area contributed by atoms with Crippen molar-refractivity contribution >= 4 is 5.97 Å². The molecule has 0 aromatic carbocycles. The third-order valence-corrected chi connectivity index (χ3v) is 0.372. The molecule has 36 valence electrons. The summed E-state index contributed by atoms with van der Waals surface area (Å²) in [6.07, 6.45) is 0. The first-order chi connectivity index (χ1) is 2.64. The lowest BCUT2D eigenvalue weighted by molar-refractivity contribution is -0.306. The first-order valence-electron chi connectivity index (χ1n) is 1.61. The van der Waals surface area contributed by atoms with Crippen molar-refractivity contribution in [3.05, 3.63) is 0 Å². The maximum atomic E-state index is 9.46. The molecule has 0 aromatic heterocycles. The van der Waals surface area contributed by atoms with Crippen LogP contribution in [-0.4, -0.2) is 12.0 Å². The highest BCUT2D eigenvalue weighted by atomic mass is 16.4. The molecule has 0 aromatic rings. The standard InChI is InChI=1S/C3H7NO2/c1-2(4)3(5)6/h2H,4H2,1H3,(H,5,6)/p-1. The molecule has 0 aliphatic rings. The summed E-state index contributed by atoms with van der Waals surface area (Å²) in [4.78, 5) is 9.46. The van der Waals surface area contributed by atoms with E-state index in [-0.39, 0.29) is 0 Å². The van der Waals surface area contributed by atoms with Crippen molar-refractivity contribution in [2.24, 2.45) is 5.73 Å². The molecule has 0 aliphatic carbocycles. The topological polar surface area (TPSA) is 66.2 Å². The zero-order chi connectivity index (χ0) is 5.15. The molecule has 6 heavy (non-hydrogen) atoms. The van der Waals surface area contributed by atoms with Crippen molar-refractivity contribution in [1.82, 2.24) is 0 Å². The van der Waals surface area contributed by atoms with Crippen molar-refractivity contribution < 1.29 is 9.90 Å². The summed E-state index contributed by atoms with van der Waals surface area (Å²) in [5.41, 5.74) is 4.77. The third-order valence-electron chi connectivity index (χ3n) is 0.372. The molecule has 0 saturated heterocycles. The molecule has 1 atom stereocenters. The number of carbonyl (C=O) groups excluding carboxylic acids is 1. The van der Waals surface area contributed by atoms with Gasteiger partial charge in [-0.15, -0.1) is 0 Å². The second-order valence-corrected chi connectivity index (χ2v) is 1.11. The van der Waals surface area contributed by atoms with E-state index in [0.29, 0.717) is 0 Å². The summed E-state index contributed by atoms with van der Waals surface area (Å²) >= 11 is 0. The number of hydrogen-bond donors (Lipinski definition) is 1. The number of hydrogen-bond acceptors (Lipinski definition) is 3. The summed E-state index contributed by atoms with van der Waals surface area (Å²) in [6.45, 7) is 1.36. The number of carboxylic acid groups (broad SMARTS) is 1. The molecule has 0 rings (SSSR count). The van der Waals surface area contributed by atoms with Crippen LogP contribution < -0.4 is 10.8 Å². The van der Waals surface area contributed by atoms with Gasteiger partial charge in [-0.25, -0.2) is 0 Å². The van der Waals surface area contributed by atoms with Crippen LogP contribution in [0.3, 0.4) is 0 Å². The highest BCUT2D eigenvalue weighted by Gasteiger charge is 1.87. The van der Waals surface area contributed by atoms with E-state index in [0.717, 1.165) is 0 Å². The molecule has 0 fully saturated rings. The quantitative estimate of drug-likeness (QED) is 0.406. The summed E-state index contributed by atoms with van der Waals surface area (Å²) in [7, 11) is 0. The van der Waals surface area contributed by atoms with E-state index in [9.17, 15) is 9.90 Å². The van der Waals surface area contributed by atoms with Crippen LogP contribution in [0.2, 0.25) is 0 Å². The van der Waals surface area contributed by atoms with Gasteiger partial charge in [-0.1, -0.05) is 0 Å². The average molecular weight is 88.1 g/mol. The van der Waals surface area contributed by atoms with Gasteiger partial charge in [-0.05, 0) is 6.92 Å². The van der Waals surface area contributed by atoms with Gasteiger partial charge in [0.1, 0.15) is 0 Å². The van der Waals surface area contributed by atoms with Crippen LogP contribution in [0.25, 0.3) is 0 Å². The van der Waals surface area contributed by atoms with Crippen molar-refractivity contribution in [1.29, 1.82) is 0 Å². The molecular formula is C3H6NO2-.